The van der Waals surface area contributed by atoms with Crippen molar-refractivity contribution in [2.45, 2.75) is 67.5 Å². The Balaban J connectivity index is 1.53. The van der Waals surface area contributed by atoms with Crippen molar-refractivity contribution in [3.05, 3.63) is 154 Å². The summed E-state index contributed by atoms with van der Waals surface area (Å²) in [4.78, 5) is 2.75. The van der Waals surface area contributed by atoms with Gasteiger partial charge in [0.2, 0.25) is 0 Å². The molecule has 0 unspecified atom stereocenters. The van der Waals surface area contributed by atoms with E-state index in [2.05, 4.69) is 165 Å². The predicted octanol–water partition coefficient (Wildman–Crippen LogP) is 13.2. The summed E-state index contributed by atoms with van der Waals surface area (Å²) >= 11 is 5.38. The average molecular weight is 857 g/mol. The van der Waals surface area contributed by atoms with Crippen molar-refractivity contribution in [2.24, 2.45) is 0 Å². The zero-order chi connectivity index (χ0) is 34.1. The molecule has 0 saturated carbocycles. The van der Waals surface area contributed by atoms with E-state index in [-0.39, 0.29) is 0 Å². The Morgan fingerprint density at radius 3 is 0.792 bits per heavy atom. The Hall–Kier alpha value is -3.10. The van der Waals surface area contributed by atoms with Crippen LogP contribution in [0, 0.1) is 55.4 Å². The molecule has 0 aromatic heterocycles. The Labute approximate surface area is 311 Å². The SMILES string of the molecule is Cc1cccc(-c2cccc(-c3cccc(C)c3C)c2S[CH]([Bi])Sc2c(-c3cccc(C)c3C)cccc2-c2cccc(C)c2C)c1C. The van der Waals surface area contributed by atoms with Crippen LogP contribution >= 0.6 is 23.5 Å². The van der Waals surface area contributed by atoms with E-state index in [0.29, 0.717) is 2.29 Å². The second kappa shape index (κ2) is 14.8. The average Bonchev–Trinajstić information content (AvgIpc) is 3.07. The molecule has 3 heteroatoms. The Bertz CT molecular complexity index is 1850. The van der Waals surface area contributed by atoms with Gasteiger partial charge in [-0.2, -0.15) is 0 Å². The van der Waals surface area contributed by atoms with Gasteiger partial charge < -0.3 is 0 Å². The quantitative estimate of drug-likeness (QED) is 0.0850. The molecule has 0 atom stereocenters. The van der Waals surface area contributed by atoms with Crippen LogP contribution in [0.4, 0.5) is 0 Å². The van der Waals surface area contributed by atoms with Crippen LogP contribution in [0.25, 0.3) is 44.5 Å². The zero-order valence-corrected chi connectivity index (χ0v) is 34.3. The van der Waals surface area contributed by atoms with Crippen molar-refractivity contribution in [3.8, 4) is 44.5 Å². The molecule has 0 heterocycles. The van der Waals surface area contributed by atoms with E-state index in [1.807, 2.05) is 23.5 Å². The van der Waals surface area contributed by atoms with E-state index in [0.717, 1.165) is 0 Å². The molecule has 0 saturated heterocycles. The first-order valence-electron chi connectivity index (χ1n) is 16.6. The third-order valence-corrected chi connectivity index (χ3v) is 14.8. The van der Waals surface area contributed by atoms with Crippen molar-refractivity contribution in [2.75, 3.05) is 0 Å². The van der Waals surface area contributed by atoms with Gasteiger partial charge in [0.15, 0.2) is 0 Å². The summed E-state index contributed by atoms with van der Waals surface area (Å²) < 4.78 is 0.343. The zero-order valence-electron chi connectivity index (χ0n) is 29.2. The molecule has 0 fully saturated rings. The molecule has 0 bridgehead atoms. The summed E-state index contributed by atoms with van der Waals surface area (Å²) in [5, 5.41) is 0. The van der Waals surface area contributed by atoms with Gasteiger partial charge >= 0.3 is 314 Å². The molecule has 0 nitrogen and oxygen atoms in total. The van der Waals surface area contributed by atoms with Gasteiger partial charge in [0, 0.05) is 0 Å². The summed E-state index contributed by atoms with van der Waals surface area (Å²) in [5.74, 6) is 0. The summed E-state index contributed by atoms with van der Waals surface area (Å²) in [5.41, 5.74) is 21.3. The minimum atomic E-state index is 0.343. The normalized spacial score (nSPS) is 11.4. The molecule has 6 rings (SSSR count). The summed E-state index contributed by atoms with van der Waals surface area (Å²) in [6.45, 7) is 18.0. The number of rotatable bonds is 8. The van der Waals surface area contributed by atoms with Gasteiger partial charge in [-0.3, -0.25) is 0 Å². The van der Waals surface area contributed by atoms with E-state index in [9.17, 15) is 0 Å². The van der Waals surface area contributed by atoms with Gasteiger partial charge in [-0.05, 0) is 0 Å². The van der Waals surface area contributed by atoms with Gasteiger partial charge in [0.25, 0.3) is 0 Å². The van der Waals surface area contributed by atoms with Gasteiger partial charge in [0.05, 0.1) is 0 Å². The van der Waals surface area contributed by atoms with Crippen molar-refractivity contribution in [1.82, 2.24) is 0 Å². The molecule has 0 aliphatic carbocycles. The molecule has 0 amide bonds. The second-order valence-electron chi connectivity index (χ2n) is 12.9. The molecule has 0 aliphatic rings. The Kier molecular flexibility index (Phi) is 10.7. The second-order valence-corrected chi connectivity index (χ2v) is 20.3. The predicted molar refractivity (Wildman–Crippen MR) is 214 cm³/mol. The minimum absolute atomic E-state index is 0.343. The van der Waals surface area contributed by atoms with E-state index < -0.39 is 0 Å². The van der Waals surface area contributed by atoms with Gasteiger partial charge in [-0.25, -0.2) is 0 Å². The van der Waals surface area contributed by atoms with E-state index in [4.69, 9.17) is 0 Å². The van der Waals surface area contributed by atoms with E-state index in [1.54, 1.807) is 0 Å². The van der Waals surface area contributed by atoms with Gasteiger partial charge in [-0.1, -0.05) is 0 Å². The molecule has 2 radical (unpaired) electrons. The summed E-state index contributed by atoms with van der Waals surface area (Å²) in [6, 6.07) is 40.8. The van der Waals surface area contributed by atoms with Crippen LogP contribution in [-0.4, -0.2) is 27.0 Å². The van der Waals surface area contributed by atoms with Crippen LogP contribution in [0.5, 0.6) is 0 Å². The first-order valence-corrected chi connectivity index (χ1v) is 20.4. The number of hydrogen-bond donors (Lipinski definition) is 0. The van der Waals surface area contributed by atoms with E-state index >= 15 is 0 Å². The topological polar surface area (TPSA) is 0 Å². The third-order valence-electron chi connectivity index (χ3n) is 10.0. The number of thioether (sulfide) groups is 2. The molecule has 6 aromatic carbocycles. The first-order chi connectivity index (χ1) is 23.1. The van der Waals surface area contributed by atoms with Crippen LogP contribution < -0.4 is 0 Å². The third kappa shape index (κ3) is 6.85. The molecule has 0 aliphatic heterocycles. The first kappa shape index (κ1) is 34.8. The fourth-order valence-corrected chi connectivity index (χ4v) is 11.4. The molecular weight excluding hydrogens is 814 g/mol. The van der Waals surface area contributed by atoms with Crippen molar-refractivity contribution >= 4 is 48.2 Å². The standard InChI is InChI=1S/C45H43S2.Bi/c1-28-15-9-19-36(32(28)5)40-23-13-24-41(37-20-10-16-29(2)33(37)6)44(40)46-27-47-45-42(38-21-11-17-30(3)34(38)7)25-14-26-43(45)39-22-12-18-31(4)35(39)8;/h9-27H,1-8H3;. The summed E-state index contributed by atoms with van der Waals surface area (Å²) in [7, 11) is 0. The summed E-state index contributed by atoms with van der Waals surface area (Å²) in [6.07, 6.45) is 0. The van der Waals surface area contributed by atoms with Crippen LogP contribution in [0.15, 0.2) is 119 Å². The Morgan fingerprint density at radius 1 is 0.333 bits per heavy atom. The molecule has 0 spiro atoms. The number of benzene rings is 6. The van der Waals surface area contributed by atoms with Gasteiger partial charge in [0.1, 0.15) is 0 Å². The van der Waals surface area contributed by atoms with Crippen molar-refractivity contribution < 1.29 is 0 Å². The fraction of sp³-hybridized carbons (Fsp3) is 0.200. The number of aryl methyl sites for hydroxylation is 4. The van der Waals surface area contributed by atoms with Crippen LogP contribution in [0.2, 0.25) is 0 Å². The van der Waals surface area contributed by atoms with Crippen LogP contribution in [0.3, 0.4) is 0 Å². The Morgan fingerprint density at radius 2 is 0.542 bits per heavy atom. The fourth-order valence-electron chi connectivity index (χ4n) is 6.57. The molecule has 0 N–H and O–H groups in total. The van der Waals surface area contributed by atoms with Gasteiger partial charge in [-0.15, -0.1) is 0 Å². The van der Waals surface area contributed by atoms with Crippen LogP contribution in [-0.2, 0) is 0 Å². The van der Waals surface area contributed by atoms with E-state index in [1.165, 1.54) is 124 Å². The maximum absolute atomic E-state index is 2.33. The van der Waals surface area contributed by atoms with Crippen molar-refractivity contribution in [3.63, 3.8) is 0 Å². The monoisotopic (exact) mass is 856 g/mol. The molecular formula is C45H43BiS2. The molecule has 48 heavy (non-hydrogen) atoms. The molecule has 6 aromatic rings. The maximum atomic E-state index is 2.33. The molecule has 240 valence electrons. The van der Waals surface area contributed by atoms with Crippen LogP contribution in [0.1, 0.15) is 44.5 Å². The van der Waals surface area contributed by atoms with Crippen molar-refractivity contribution in [1.29, 1.82) is 0 Å². The number of hydrogen-bond acceptors (Lipinski definition) is 2.